The van der Waals surface area contributed by atoms with Crippen LogP contribution in [0.15, 0.2) is 29.8 Å². The Hall–Kier alpha value is -1.08. The molecule has 17 heavy (non-hydrogen) atoms. The van der Waals surface area contributed by atoms with Crippen molar-refractivity contribution in [3.8, 4) is 0 Å². The SMILES string of the molecule is CC(C)(C)c1ccc(C=C2CCC(N)C2)cc1. The molecular weight excluding hydrogens is 206 g/mol. The van der Waals surface area contributed by atoms with E-state index in [1.54, 1.807) is 0 Å². The highest BCUT2D eigenvalue weighted by Crippen LogP contribution is 2.27. The van der Waals surface area contributed by atoms with Crippen LogP contribution in [-0.2, 0) is 5.41 Å². The van der Waals surface area contributed by atoms with E-state index < -0.39 is 0 Å². The summed E-state index contributed by atoms with van der Waals surface area (Å²) < 4.78 is 0. The van der Waals surface area contributed by atoms with E-state index in [-0.39, 0.29) is 5.41 Å². The Kier molecular flexibility index (Phi) is 3.39. The van der Waals surface area contributed by atoms with Gasteiger partial charge in [-0.05, 0) is 35.8 Å². The quantitative estimate of drug-likeness (QED) is 0.777. The highest BCUT2D eigenvalue weighted by atomic mass is 14.6. The molecule has 1 aromatic carbocycles. The Balaban J connectivity index is 2.14. The summed E-state index contributed by atoms with van der Waals surface area (Å²) in [6.07, 6.45) is 5.69. The van der Waals surface area contributed by atoms with Gasteiger partial charge in [0.15, 0.2) is 0 Å². The molecule has 1 saturated carbocycles. The van der Waals surface area contributed by atoms with Crippen molar-refractivity contribution in [1.82, 2.24) is 0 Å². The summed E-state index contributed by atoms with van der Waals surface area (Å²) in [6, 6.07) is 9.30. The van der Waals surface area contributed by atoms with E-state index in [0.29, 0.717) is 6.04 Å². The first kappa shape index (κ1) is 12.4. The lowest BCUT2D eigenvalue weighted by Crippen LogP contribution is -2.13. The topological polar surface area (TPSA) is 26.0 Å². The molecule has 0 saturated heterocycles. The first-order chi connectivity index (χ1) is 7.95. The summed E-state index contributed by atoms with van der Waals surface area (Å²) in [4.78, 5) is 0. The molecule has 0 aromatic heterocycles. The van der Waals surface area contributed by atoms with Crippen LogP contribution in [0.25, 0.3) is 6.08 Å². The number of hydrogen-bond donors (Lipinski definition) is 1. The van der Waals surface area contributed by atoms with Crippen LogP contribution >= 0.6 is 0 Å². The molecule has 0 bridgehead atoms. The van der Waals surface area contributed by atoms with Gasteiger partial charge in [0.05, 0.1) is 0 Å². The first-order valence-electron chi connectivity index (χ1n) is 6.51. The Morgan fingerprint density at radius 2 is 1.82 bits per heavy atom. The van der Waals surface area contributed by atoms with Crippen molar-refractivity contribution in [2.75, 3.05) is 0 Å². The lowest BCUT2D eigenvalue weighted by Gasteiger charge is -2.18. The third-order valence-electron chi connectivity index (χ3n) is 3.51. The maximum absolute atomic E-state index is 5.92. The van der Waals surface area contributed by atoms with Crippen LogP contribution in [0.3, 0.4) is 0 Å². The second kappa shape index (κ2) is 4.66. The van der Waals surface area contributed by atoms with E-state index in [2.05, 4.69) is 51.1 Å². The maximum Gasteiger partial charge on any atom is 0.00792 e. The van der Waals surface area contributed by atoms with Gasteiger partial charge in [0.25, 0.3) is 0 Å². The normalized spacial score (nSPS) is 23.3. The molecule has 0 spiro atoms. The average molecular weight is 229 g/mol. The van der Waals surface area contributed by atoms with Crippen LogP contribution in [-0.4, -0.2) is 6.04 Å². The van der Waals surface area contributed by atoms with E-state index >= 15 is 0 Å². The third kappa shape index (κ3) is 3.19. The molecule has 1 heteroatoms. The van der Waals surface area contributed by atoms with Gasteiger partial charge in [0, 0.05) is 6.04 Å². The number of hydrogen-bond acceptors (Lipinski definition) is 1. The van der Waals surface area contributed by atoms with Crippen molar-refractivity contribution in [1.29, 1.82) is 0 Å². The molecule has 0 heterocycles. The zero-order valence-corrected chi connectivity index (χ0v) is 11.2. The molecule has 0 radical (unpaired) electrons. The summed E-state index contributed by atoms with van der Waals surface area (Å²) >= 11 is 0. The number of nitrogens with two attached hydrogens (primary N) is 1. The summed E-state index contributed by atoms with van der Waals surface area (Å²) in [5.41, 5.74) is 10.4. The zero-order chi connectivity index (χ0) is 12.5. The molecule has 1 aliphatic carbocycles. The monoisotopic (exact) mass is 229 g/mol. The van der Waals surface area contributed by atoms with Crippen LogP contribution in [0.2, 0.25) is 0 Å². The van der Waals surface area contributed by atoms with Crippen molar-refractivity contribution in [2.45, 2.75) is 51.5 Å². The Morgan fingerprint density at radius 1 is 1.18 bits per heavy atom. The fraction of sp³-hybridized carbons (Fsp3) is 0.500. The van der Waals surface area contributed by atoms with Gasteiger partial charge < -0.3 is 5.73 Å². The van der Waals surface area contributed by atoms with Crippen LogP contribution in [0.4, 0.5) is 0 Å². The van der Waals surface area contributed by atoms with Gasteiger partial charge in [-0.3, -0.25) is 0 Å². The molecule has 2 N–H and O–H groups in total. The highest BCUT2D eigenvalue weighted by Gasteiger charge is 2.15. The summed E-state index contributed by atoms with van der Waals surface area (Å²) in [5, 5.41) is 0. The summed E-state index contributed by atoms with van der Waals surface area (Å²) in [5.74, 6) is 0. The van der Waals surface area contributed by atoms with Gasteiger partial charge in [-0.25, -0.2) is 0 Å². The second-order valence-electron chi connectivity index (χ2n) is 6.18. The summed E-state index contributed by atoms with van der Waals surface area (Å²) in [6.45, 7) is 6.74. The molecule has 1 fully saturated rings. The second-order valence-corrected chi connectivity index (χ2v) is 6.18. The van der Waals surface area contributed by atoms with Gasteiger partial charge in [-0.2, -0.15) is 0 Å². The minimum absolute atomic E-state index is 0.237. The zero-order valence-electron chi connectivity index (χ0n) is 11.2. The molecule has 1 aromatic rings. The van der Waals surface area contributed by atoms with Crippen molar-refractivity contribution in [3.63, 3.8) is 0 Å². The van der Waals surface area contributed by atoms with Gasteiger partial charge >= 0.3 is 0 Å². The Labute approximate surface area is 105 Å². The van der Waals surface area contributed by atoms with E-state index in [9.17, 15) is 0 Å². The number of rotatable bonds is 1. The maximum atomic E-state index is 5.92. The smallest absolute Gasteiger partial charge is 0.00792 e. The average Bonchev–Trinajstić information content (AvgIpc) is 2.63. The van der Waals surface area contributed by atoms with Crippen molar-refractivity contribution in [2.24, 2.45) is 5.73 Å². The minimum Gasteiger partial charge on any atom is -0.327 e. The molecule has 92 valence electrons. The van der Waals surface area contributed by atoms with Gasteiger partial charge in [0.2, 0.25) is 0 Å². The molecule has 1 unspecified atom stereocenters. The molecule has 1 nitrogen and oxygen atoms in total. The third-order valence-corrected chi connectivity index (χ3v) is 3.51. The standard InChI is InChI=1S/C16H23N/c1-16(2,3)14-7-4-12(5-8-14)10-13-6-9-15(17)11-13/h4-5,7-8,10,15H,6,9,11,17H2,1-3H3. The van der Waals surface area contributed by atoms with Crippen molar-refractivity contribution >= 4 is 6.08 Å². The Morgan fingerprint density at radius 3 is 2.29 bits per heavy atom. The Bertz CT molecular complexity index is 406. The van der Waals surface area contributed by atoms with Gasteiger partial charge in [-0.1, -0.05) is 56.7 Å². The van der Waals surface area contributed by atoms with Crippen LogP contribution in [0.5, 0.6) is 0 Å². The molecule has 0 aliphatic heterocycles. The lowest BCUT2D eigenvalue weighted by molar-refractivity contribution is 0.590. The van der Waals surface area contributed by atoms with Crippen LogP contribution < -0.4 is 5.73 Å². The summed E-state index contributed by atoms with van der Waals surface area (Å²) in [7, 11) is 0. The predicted octanol–water partition coefficient (Wildman–Crippen LogP) is 3.88. The van der Waals surface area contributed by atoms with Crippen molar-refractivity contribution < 1.29 is 0 Å². The fourth-order valence-electron chi connectivity index (χ4n) is 2.36. The highest BCUT2D eigenvalue weighted by molar-refractivity contribution is 5.54. The molecule has 2 rings (SSSR count). The molecule has 1 aliphatic rings. The van der Waals surface area contributed by atoms with E-state index in [4.69, 9.17) is 5.73 Å². The first-order valence-corrected chi connectivity index (χ1v) is 6.51. The van der Waals surface area contributed by atoms with E-state index in [0.717, 1.165) is 12.8 Å². The lowest BCUT2D eigenvalue weighted by atomic mass is 9.86. The van der Waals surface area contributed by atoms with E-state index in [1.807, 2.05) is 0 Å². The van der Waals surface area contributed by atoms with Crippen molar-refractivity contribution in [3.05, 3.63) is 41.0 Å². The van der Waals surface area contributed by atoms with E-state index in [1.165, 1.54) is 23.1 Å². The minimum atomic E-state index is 0.237. The largest absolute Gasteiger partial charge is 0.327 e. The predicted molar refractivity (Wildman–Crippen MR) is 74.9 cm³/mol. The van der Waals surface area contributed by atoms with Crippen LogP contribution in [0, 0.1) is 0 Å². The fourth-order valence-corrected chi connectivity index (χ4v) is 2.36. The number of benzene rings is 1. The van der Waals surface area contributed by atoms with Gasteiger partial charge in [0.1, 0.15) is 0 Å². The molecule has 0 amide bonds. The molecule has 1 atom stereocenters. The van der Waals surface area contributed by atoms with Crippen LogP contribution in [0.1, 0.15) is 51.2 Å². The van der Waals surface area contributed by atoms with Gasteiger partial charge in [-0.15, -0.1) is 0 Å². The molecular formula is C16H23N.